The third-order valence-corrected chi connectivity index (χ3v) is 3.63. The molecule has 96 valence electrons. The Labute approximate surface area is 112 Å². The molecule has 1 aromatic heterocycles. The molecule has 0 saturated heterocycles. The first-order valence-electron chi connectivity index (χ1n) is 6.06. The van der Waals surface area contributed by atoms with E-state index in [1.165, 1.54) is 0 Å². The molecule has 3 nitrogen and oxygen atoms in total. The molecule has 0 N–H and O–H groups in total. The van der Waals surface area contributed by atoms with Crippen LogP contribution in [0.2, 0.25) is 0 Å². The second-order valence-corrected chi connectivity index (χ2v) is 7.01. The van der Waals surface area contributed by atoms with Crippen molar-refractivity contribution < 1.29 is 4.52 Å². The Morgan fingerprint density at radius 2 is 1.89 bits per heavy atom. The number of nitrogens with zero attached hydrogens (tertiary/aromatic N) is 2. The Morgan fingerprint density at radius 1 is 1.17 bits per heavy atom. The minimum atomic E-state index is 0.280. The lowest BCUT2D eigenvalue weighted by Crippen LogP contribution is -2.09. The van der Waals surface area contributed by atoms with E-state index in [-0.39, 0.29) is 4.75 Å². The number of hydrogen-bond donors (Lipinski definition) is 0. The molecule has 4 heteroatoms. The van der Waals surface area contributed by atoms with Gasteiger partial charge in [0.1, 0.15) is 0 Å². The van der Waals surface area contributed by atoms with Gasteiger partial charge in [-0.3, -0.25) is 0 Å². The quantitative estimate of drug-likeness (QED) is 0.840. The molecule has 0 unspecified atom stereocenters. The van der Waals surface area contributed by atoms with Crippen molar-refractivity contribution in [3.8, 4) is 11.4 Å². The van der Waals surface area contributed by atoms with Crippen LogP contribution in [0.25, 0.3) is 11.4 Å². The fourth-order valence-corrected chi connectivity index (χ4v) is 2.39. The monoisotopic (exact) mass is 262 g/mol. The maximum atomic E-state index is 5.26. The maximum absolute atomic E-state index is 5.26. The Bertz CT molecular complexity index is 488. The molecule has 0 fully saturated rings. The summed E-state index contributed by atoms with van der Waals surface area (Å²) in [6.45, 7) is 6.63. The average Bonchev–Trinajstić information content (AvgIpc) is 2.77. The van der Waals surface area contributed by atoms with Crippen LogP contribution in [0.5, 0.6) is 0 Å². The zero-order valence-corrected chi connectivity index (χ0v) is 11.8. The first-order chi connectivity index (χ1) is 8.54. The molecular formula is C14H18N2OS. The normalized spacial score (nSPS) is 11.7. The van der Waals surface area contributed by atoms with Crippen LogP contribution in [0.1, 0.15) is 26.7 Å². The van der Waals surface area contributed by atoms with Gasteiger partial charge in [-0.25, -0.2) is 0 Å². The molecule has 0 aliphatic carbocycles. The molecule has 2 aromatic rings. The second kappa shape index (κ2) is 5.57. The molecule has 18 heavy (non-hydrogen) atoms. The van der Waals surface area contributed by atoms with E-state index in [1.54, 1.807) is 0 Å². The van der Waals surface area contributed by atoms with Crippen LogP contribution in [-0.4, -0.2) is 20.6 Å². The summed E-state index contributed by atoms with van der Waals surface area (Å²) in [7, 11) is 0. The second-order valence-electron chi connectivity index (χ2n) is 5.09. The molecule has 0 radical (unpaired) electrons. The highest BCUT2D eigenvalue weighted by atomic mass is 32.2. The van der Waals surface area contributed by atoms with Crippen molar-refractivity contribution in [2.24, 2.45) is 0 Å². The molecule has 1 heterocycles. The molecule has 2 rings (SSSR count). The van der Waals surface area contributed by atoms with Crippen molar-refractivity contribution in [3.05, 3.63) is 36.2 Å². The third-order valence-electron chi connectivity index (χ3n) is 2.35. The Balaban J connectivity index is 1.95. The van der Waals surface area contributed by atoms with Gasteiger partial charge in [0.05, 0.1) is 0 Å². The Hall–Kier alpha value is -1.29. The van der Waals surface area contributed by atoms with Gasteiger partial charge < -0.3 is 4.52 Å². The SMILES string of the molecule is CC(C)(C)SCCc1nc(-c2ccccc2)no1. The van der Waals surface area contributed by atoms with Crippen LogP contribution in [-0.2, 0) is 6.42 Å². The standard InChI is InChI=1S/C14H18N2OS/c1-14(2,3)18-10-9-12-15-13(16-17-12)11-7-5-4-6-8-11/h4-8H,9-10H2,1-3H3. The summed E-state index contributed by atoms with van der Waals surface area (Å²) in [5, 5.41) is 4.01. The highest BCUT2D eigenvalue weighted by molar-refractivity contribution is 8.00. The number of rotatable bonds is 4. The predicted octanol–water partition coefficient (Wildman–Crippen LogP) is 3.81. The largest absolute Gasteiger partial charge is 0.339 e. The van der Waals surface area contributed by atoms with Gasteiger partial charge in [-0.05, 0) is 0 Å². The zero-order valence-electron chi connectivity index (χ0n) is 11.0. The number of hydrogen-bond acceptors (Lipinski definition) is 4. The van der Waals surface area contributed by atoms with Crippen LogP contribution in [0.15, 0.2) is 34.9 Å². The highest BCUT2D eigenvalue weighted by Crippen LogP contribution is 2.24. The molecule has 0 atom stereocenters. The minimum absolute atomic E-state index is 0.280. The van der Waals surface area contributed by atoms with Gasteiger partial charge in [-0.15, -0.1) is 0 Å². The first kappa shape index (κ1) is 13.1. The number of thioether (sulfide) groups is 1. The van der Waals surface area contributed by atoms with Crippen molar-refractivity contribution in [1.29, 1.82) is 0 Å². The third kappa shape index (κ3) is 3.88. The summed E-state index contributed by atoms with van der Waals surface area (Å²) in [6, 6.07) is 9.89. The summed E-state index contributed by atoms with van der Waals surface area (Å²) in [5.74, 6) is 2.39. The average molecular weight is 262 g/mol. The molecule has 0 saturated carbocycles. The van der Waals surface area contributed by atoms with E-state index in [0.29, 0.717) is 11.7 Å². The van der Waals surface area contributed by atoms with E-state index in [2.05, 4.69) is 30.9 Å². The van der Waals surface area contributed by atoms with Crippen molar-refractivity contribution in [2.45, 2.75) is 31.9 Å². The van der Waals surface area contributed by atoms with Crippen LogP contribution < -0.4 is 0 Å². The van der Waals surface area contributed by atoms with Gasteiger partial charge >= 0.3 is 0 Å². The number of benzene rings is 1. The number of aromatic nitrogens is 2. The summed E-state index contributed by atoms with van der Waals surface area (Å²) < 4.78 is 5.54. The lowest BCUT2D eigenvalue weighted by Gasteiger charge is -2.16. The molecule has 0 aliphatic heterocycles. The van der Waals surface area contributed by atoms with E-state index < -0.39 is 0 Å². The lowest BCUT2D eigenvalue weighted by atomic mass is 10.2. The van der Waals surface area contributed by atoms with Gasteiger partial charge in [0.25, 0.3) is 0 Å². The van der Waals surface area contributed by atoms with E-state index in [4.69, 9.17) is 4.52 Å². The highest BCUT2D eigenvalue weighted by Gasteiger charge is 2.12. The summed E-state index contributed by atoms with van der Waals surface area (Å²) >= 11 is 1.91. The van der Waals surface area contributed by atoms with E-state index in [1.807, 2.05) is 42.1 Å². The summed E-state index contributed by atoms with van der Waals surface area (Å²) in [4.78, 5) is 4.41. The van der Waals surface area contributed by atoms with Crippen LogP contribution in [0.4, 0.5) is 0 Å². The fraction of sp³-hybridized carbons (Fsp3) is 0.429. The molecule has 0 amide bonds. The summed E-state index contributed by atoms with van der Waals surface area (Å²) in [5.41, 5.74) is 0.996. The van der Waals surface area contributed by atoms with Gasteiger partial charge in [0.2, 0.25) is 11.7 Å². The smallest absolute Gasteiger partial charge is 0.227 e. The van der Waals surface area contributed by atoms with Crippen molar-refractivity contribution in [2.75, 3.05) is 5.75 Å². The molecule has 0 bridgehead atoms. The predicted molar refractivity (Wildman–Crippen MR) is 75.6 cm³/mol. The molecule has 0 aliphatic rings. The van der Waals surface area contributed by atoms with Crippen LogP contribution >= 0.6 is 11.8 Å². The molecule has 1 aromatic carbocycles. The van der Waals surface area contributed by atoms with Gasteiger partial charge in [-0.1, -0.05) is 56.3 Å². The van der Waals surface area contributed by atoms with Crippen LogP contribution in [0, 0.1) is 0 Å². The maximum Gasteiger partial charge on any atom is 0.227 e. The molecule has 0 spiro atoms. The van der Waals surface area contributed by atoms with E-state index in [0.717, 1.165) is 17.7 Å². The van der Waals surface area contributed by atoms with Gasteiger partial charge in [0.15, 0.2) is 0 Å². The van der Waals surface area contributed by atoms with Gasteiger partial charge in [-0.2, -0.15) is 16.7 Å². The zero-order chi connectivity index (χ0) is 13.0. The summed E-state index contributed by atoms with van der Waals surface area (Å²) in [6.07, 6.45) is 0.821. The Kier molecular flexibility index (Phi) is 4.07. The Morgan fingerprint density at radius 3 is 2.56 bits per heavy atom. The van der Waals surface area contributed by atoms with Crippen molar-refractivity contribution in [1.82, 2.24) is 10.1 Å². The topological polar surface area (TPSA) is 38.9 Å². The van der Waals surface area contributed by atoms with Crippen LogP contribution in [0.3, 0.4) is 0 Å². The minimum Gasteiger partial charge on any atom is -0.339 e. The molecular weight excluding hydrogens is 244 g/mol. The van der Waals surface area contributed by atoms with Crippen molar-refractivity contribution in [3.63, 3.8) is 0 Å². The van der Waals surface area contributed by atoms with E-state index in [9.17, 15) is 0 Å². The lowest BCUT2D eigenvalue weighted by molar-refractivity contribution is 0.383. The fourth-order valence-electron chi connectivity index (χ4n) is 1.51. The van der Waals surface area contributed by atoms with E-state index >= 15 is 0 Å². The van der Waals surface area contributed by atoms with Crippen molar-refractivity contribution >= 4 is 11.8 Å². The van der Waals surface area contributed by atoms with Gasteiger partial charge in [0, 0.05) is 22.5 Å². The number of aryl methyl sites for hydroxylation is 1. The first-order valence-corrected chi connectivity index (χ1v) is 7.05.